The van der Waals surface area contributed by atoms with Gasteiger partial charge < -0.3 is 15.2 Å². The number of nitrogens with one attached hydrogen (secondary N) is 1. The number of aliphatic hydroxyl groups is 1. The maximum Gasteiger partial charge on any atom is 0.200 e. The average molecular weight is 259 g/mol. The Hall–Kier alpha value is -1.20. The zero-order chi connectivity index (χ0) is 13.4. The van der Waals surface area contributed by atoms with E-state index >= 15 is 0 Å². The van der Waals surface area contributed by atoms with Gasteiger partial charge in [0, 0.05) is 6.04 Å². The average Bonchev–Trinajstić information content (AvgIpc) is 2.38. The van der Waals surface area contributed by atoms with Crippen LogP contribution in [0.3, 0.4) is 0 Å². The molecule has 18 heavy (non-hydrogen) atoms. The van der Waals surface area contributed by atoms with Gasteiger partial charge in [-0.3, -0.25) is 0 Å². The Kier molecular flexibility index (Phi) is 6.60. The lowest BCUT2D eigenvalue weighted by Crippen LogP contribution is -2.34. The molecule has 0 saturated heterocycles. The summed E-state index contributed by atoms with van der Waals surface area (Å²) in [6.07, 6.45) is 1.50. The monoisotopic (exact) mass is 259 g/mol. The van der Waals surface area contributed by atoms with Crippen molar-refractivity contribution in [3.63, 3.8) is 0 Å². The second-order valence-corrected chi connectivity index (χ2v) is 4.02. The Balaban J connectivity index is 2.38. The third-order valence-electron chi connectivity index (χ3n) is 2.54. The molecule has 2 N–H and O–H groups in total. The number of ether oxygens (including phenoxy) is 1. The number of aliphatic hydroxyl groups excluding tert-OH is 1. The van der Waals surface area contributed by atoms with E-state index in [-0.39, 0.29) is 25.0 Å². The molecule has 3 nitrogen and oxygen atoms in total. The van der Waals surface area contributed by atoms with Gasteiger partial charge in [0.25, 0.3) is 0 Å². The Labute approximate surface area is 106 Å². The van der Waals surface area contributed by atoms with Crippen molar-refractivity contribution in [3.8, 4) is 5.75 Å². The highest BCUT2D eigenvalue weighted by atomic mass is 19.2. The molecule has 0 radical (unpaired) electrons. The first-order valence-electron chi connectivity index (χ1n) is 6.10. The van der Waals surface area contributed by atoms with E-state index in [1.807, 2.05) is 6.92 Å². The summed E-state index contributed by atoms with van der Waals surface area (Å²) in [5.74, 6) is -1.99. The number of hydrogen-bond acceptors (Lipinski definition) is 3. The van der Waals surface area contributed by atoms with E-state index in [1.165, 1.54) is 12.1 Å². The second-order valence-electron chi connectivity index (χ2n) is 4.02. The Morgan fingerprint density at radius 3 is 2.83 bits per heavy atom. The summed E-state index contributed by atoms with van der Waals surface area (Å²) in [7, 11) is 0. The summed E-state index contributed by atoms with van der Waals surface area (Å²) in [5, 5.41) is 12.2. The zero-order valence-corrected chi connectivity index (χ0v) is 10.5. The van der Waals surface area contributed by atoms with Gasteiger partial charge in [-0.05, 0) is 31.5 Å². The molecule has 0 saturated carbocycles. The van der Waals surface area contributed by atoms with Gasteiger partial charge in [-0.25, -0.2) is 4.39 Å². The standard InChI is InChI=1S/C13H19F2NO2/c1-2-7-16-10(9-17)6-8-18-12-5-3-4-11(14)13(12)15/h3-5,10,16-17H,2,6-9H2,1H3. The first kappa shape index (κ1) is 14.9. The van der Waals surface area contributed by atoms with Crippen LogP contribution in [0.4, 0.5) is 8.78 Å². The highest BCUT2D eigenvalue weighted by Crippen LogP contribution is 2.19. The summed E-state index contributed by atoms with van der Waals surface area (Å²) in [5.41, 5.74) is 0. The van der Waals surface area contributed by atoms with Crippen molar-refractivity contribution in [2.45, 2.75) is 25.8 Å². The van der Waals surface area contributed by atoms with E-state index in [0.717, 1.165) is 19.0 Å². The molecule has 5 heteroatoms. The number of hydrogen-bond donors (Lipinski definition) is 2. The molecule has 0 aliphatic carbocycles. The minimum absolute atomic E-state index is 0.00497. The van der Waals surface area contributed by atoms with E-state index in [4.69, 9.17) is 9.84 Å². The molecule has 0 bridgehead atoms. The normalized spacial score (nSPS) is 12.4. The molecule has 0 fully saturated rings. The molecule has 0 aliphatic heterocycles. The van der Waals surface area contributed by atoms with Crippen molar-refractivity contribution >= 4 is 0 Å². The number of rotatable bonds is 8. The van der Waals surface area contributed by atoms with Gasteiger partial charge in [-0.15, -0.1) is 0 Å². The molecule has 1 atom stereocenters. The summed E-state index contributed by atoms with van der Waals surface area (Å²) in [4.78, 5) is 0. The fraction of sp³-hybridized carbons (Fsp3) is 0.538. The van der Waals surface area contributed by atoms with Crippen LogP contribution in [0.1, 0.15) is 19.8 Å². The van der Waals surface area contributed by atoms with Crippen molar-refractivity contribution in [3.05, 3.63) is 29.8 Å². The first-order valence-corrected chi connectivity index (χ1v) is 6.10. The molecule has 0 spiro atoms. The molecule has 1 aromatic carbocycles. The largest absolute Gasteiger partial charge is 0.490 e. The van der Waals surface area contributed by atoms with Crippen molar-refractivity contribution in [2.24, 2.45) is 0 Å². The zero-order valence-electron chi connectivity index (χ0n) is 10.5. The maximum absolute atomic E-state index is 13.2. The van der Waals surface area contributed by atoms with Gasteiger partial charge in [0.05, 0.1) is 13.2 Å². The lowest BCUT2D eigenvalue weighted by molar-refractivity contribution is 0.205. The summed E-state index contributed by atoms with van der Waals surface area (Å²) in [6.45, 7) is 3.05. The Morgan fingerprint density at radius 1 is 1.39 bits per heavy atom. The molecule has 0 aromatic heterocycles. The summed E-state index contributed by atoms with van der Waals surface area (Å²) < 4.78 is 31.3. The number of halogens is 2. The molecule has 0 aliphatic rings. The molecular formula is C13H19F2NO2. The summed E-state index contributed by atoms with van der Waals surface area (Å²) >= 11 is 0. The smallest absolute Gasteiger partial charge is 0.200 e. The maximum atomic E-state index is 13.2. The van der Waals surface area contributed by atoms with E-state index in [1.54, 1.807) is 0 Å². The molecule has 1 aromatic rings. The van der Waals surface area contributed by atoms with Crippen molar-refractivity contribution in [2.75, 3.05) is 19.8 Å². The van der Waals surface area contributed by atoms with E-state index < -0.39 is 11.6 Å². The quantitative estimate of drug-likeness (QED) is 0.751. The van der Waals surface area contributed by atoms with Crippen molar-refractivity contribution in [1.82, 2.24) is 5.32 Å². The van der Waals surface area contributed by atoms with Gasteiger partial charge >= 0.3 is 0 Å². The van der Waals surface area contributed by atoms with Crippen LogP contribution in [0.15, 0.2) is 18.2 Å². The van der Waals surface area contributed by atoms with Crippen molar-refractivity contribution < 1.29 is 18.6 Å². The highest BCUT2D eigenvalue weighted by Gasteiger charge is 2.10. The number of benzene rings is 1. The second kappa shape index (κ2) is 8.00. The molecule has 0 heterocycles. The van der Waals surface area contributed by atoms with Gasteiger partial charge in [0.2, 0.25) is 5.82 Å². The fourth-order valence-corrected chi connectivity index (χ4v) is 1.51. The topological polar surface area (TPSA) is 41.5 Å². The van der Waals surface area contributed by atoms with Crippen LogP contribution in [0, 0.1) is 11.6 Å². The predicted octanol–water partition coefficient (Wildman–Crippen LogP) is 2.09. The van der Waals surface area contributed by atoms with Crippen LogP contribution in [-0.2, 0) is 0 Å². The van der Waals surface area contributed by atoms with Crippen LogP contribution in [0.25, 0.3) is 0 Å². The molecule has 1 rings (SSSR count). The Morgan fingerprint density at radius 2 is 2.17 bits per heavy atom. The predicted molar refractivity (Wildman–Crippen MR) is 65.6 cm³/mol. The third kappa shape index (κ3) is 4.58. The van der Waals surface area contributed by atoms with Crippen LogP contribution >= 0.6 is 0 Å². The van der Waals surface area contributed by atoms with Crippen LogP contribution in [0.5, 0.6) is 5.75 Å². The molecule has 1 unspecified atom stereocenters. The van der Waals surface area contributed by atoms with Gasteiger partial charge in [0.1, 0.15) is 0 Å². The molecule has 102 valence electrons. The van der Waals surface area contributed by atoms with E-state index in [0.29, 0.717) is 6.42 Å². The van der Waals surface area contributed by atoms with E-state index in [9.17, 15) is 8.78 Å². The highest BCUT2D eigenvalue weighted by molar-refractivity contribution is 5.24. The van der Waals surface area contributed by atoms with Crippen molar-refractivity contribution in [1.29, 1.82) is 0 Å². The van der Waals surface area contributed by atoms with Crippen LogP contribution < -0.4 is 10.1 Å². The minimum atomic E-state index is -0.973. The Bertz CT molecular complexity index is 361. The lowest BCUT2D eigenvalue weighted by Gasteiger charge is -2.16. The van der Waals surface area contributed by atoms with Gasteiger partial charge in [-0.1, -0.05) is 13.0 Å². The van der Waals surface area contributed by atoms with Crippen LogP contribution in [-0.4, -0.2) is 30.9 Å². The fourth-order valence-electron chi connectivity index (χ4n) is 1.51. The first-order chi connectivity index (χ1) is 8.69. The molecular weight excluding hydrogens is 240 g/mol. The lowest BCUT2D eigenvalue weighted by atomic mass is 10.2. The van der Waals surface area contributed by atoms with Crippen LogP contribution in [0.2, 0.25) is 0 Å². The van der Waals surface area contributed by atoms with E-state index in [2.05, 4.69) is 5.32 Å². The summed E-state index contributed by atoms with van der Waals surface area (Å²) in [6, 6.07) is 3.74. The van der Waals surface area contributed by atoms with Gasteiger partial charge in [-0.2, -0.15) is 4.39 Å². The minimum Gasteiger partial charge on any atom is -0.490 e. The SMILES string of the molecule is CCCNC(CO)CCOc1cccc(F)c1F. The van der Waals surface area contributed by atoms with Gasteiger partial charge in [0.15, 0.2) is 11.6 Å². The third-order valence-corrected chi connectivity index (χ3v) is 2.54. The molecule has 0 amide bonds.